The number of halogens is 1. The second-order valence-electron chi connectivity index (χ2n) is 5.18. The lowest BCUT2D eigenvalue weighted by Crippen LogP contribution is -2.31. The smallest absolute Gasteiger partial charge is 0.122 e. The molecule has 3 nitrogen and oxygen atoms in total. The van der Waals surface area contributed by atoms with E-state index in [1.807, 2.05) is 37.4 Å². The van der Waals surface area contributed by atoms with E-state index in [1.54, 1.807) is 13.2 Å². The van der Waals surface area contributed by atoms with Crippen molar-refractivity contribution in [2.75, 3.05) is 24.8 Å². The summed E-state index contributed by atoms with van der Waals surface area (Å²) in [5, 5.41) is 0.690. The maximum atomic E-state index is 6.07. The number of nitrogens with zero attached hydrogens (tertiary/aromatic N) is 1. The van der Waals surface area contributed by atoms with E-state index in [0.29, 0.717) is 5.02 Å². The van der Waals surface area contributed by atoms with E-state index in [2.05, 4.69) is 17.9 Å². The van der Waals surface area contributed by atoms with Crippen LogP contribution in [0.2, 0.25) is 5.02 Å². The number of rotatable bonds is 5. The van der Waals surface area contributed by atoms with Crippen molar-refractivity contribution >= 4 is 23.0 Å². The minimum absolute atomic E-state index is 0.266. The summed E-state index contributed by atoms with van der Waals surface area (Å²) in [5.74, 6) is 0.914. The molecule has 2 N–H and O–H groups in total. The fourth-order valence-corrected chi connectivity index (χ4v) is 2.55. The molecule has 0 amide bonds. The highest BCUT2D eigenvalue weighted by Gasteiger charge is 2.15. The van der Waals surface area contributed by atoms with Gasteiger partial charge in [-0.05, 0) is 43.2 Å². The summed E-state index contributed by atoms with van der Waals surface area (Å²) in [6.07, 6.45) is 0.868. The SMILES string of the molecule is COc1ccccc1CC(C)N(C)c1cc(Cl)ccc1N. The first-order valence-electron chi connectivity index (χ1n) is 6.92. The second kappa shape index (κ2) is 6.72. The fraction of sp³-hybridized carbons (Fsp3) is 0.294. The number of para-hydroxylation sites is 1. The average molecular weight is 305 g/mol. The Morgan fingerprint density at radius 2 is 1.95 bits per heavy atom. The van der Waals surface area contributed by atoms with Crippen LogP contribution < -0.4 is 15.4 Å². The van der Waals surface area contributed by atoms with Crippen LogP contribution in [0.1, 0.15) is 12.5 Å². The first-order valence-corrected chi connectivity index (χ1v) is 7.30. The van der Waals surface area contributed by atoms with Crippen LogP contribution >= 0.6 is 11.6 Å². The van der Waals surface area contributed by atoms with Crippen molar-refractivity contribution < 1.29 is 4.74 Å². The summed E-state index contributed by atoms with van der Waals surface area (Å²) in [5.41, 5.74) is 8.91. The van der Waals surface area contributed by atoms with Gasteiger partial charge in [-0.25, -0.2) is 0 Å². The number of methoxy groups -OCH3 is 1. The monoisotopic (exact) mass is 304 g/mol. The van der Waals surface area contributed by atoms with Crippen LogP contribution in [0.25, 0.3) is 0 Å². The Balaban J connectivity index is 2.19. The zero-order chi connectivity index (χ0) is 15.4. The lowest BCUT2D eigenvalue weighted by Gasteiger charge is -2.29. The minimum atomic E-state index is 0.266. The third-order valence-corrected chi connectivity index (χ3v) is 3.98. The van der Waals surface area contributed by atoms with Crippen molar-refractivity contribution in [3.63, 3.8) is 0 Å². The van der Waals surface area contributed by atoms with Crippen LogP contribution in [0, 0.1) is 0 Å². The molecule has 0 saturated carbocycles. The first-order chi connectivity index (χ1) is 10.0. The number of hydrogen-bond donors (Lipinski definition) is 1. The average Bonchev–Trinajstić information content (AvgIpc) is 2.49. The number of likely N-dealkylation sites (N-methyl/N-ethyl adjacent to an activating group) is 1. The van der Waals surface area contributed by atoms with Gasteiger partial charge in [0.05, 0.1) is 18.5 Å². The number of nitrogen functional groups attached to an aromatic ring is 1. The summed E-state index contributed by atoms with van der Waals surface area (Å²) in [4.78, 5) is 2.15. The fourth-order valence-electron chi connectivity index (χ4n) is 2.39. The molecular formula is C17H21ClN2O. The van der Waals surface area contributed by atoms with Crippen molar-refractivity contribution in [3.8, 4) is 5.75 Å². The van der Waals surface area contributed by atoms with Crippen LogP contribution in [-0.4, -0.2) is 20.2 Å². The summed E-state index contributed by atoms with van der Waals surface area (Å²) < 4.78 is 5.41. The molecule has 0 aliphatic heterocycles. The molecule has 21 heavy (non-hydrogen) atoms. The maximum Gasteiger partial charge on any atom is 0.122 e. The number of anilines is 2. The lowest BCUT2D eigenvalue weighted by atomic mass is 10.0. The van der Waals surface area contributed by atoms with Gasteiger partial charge in [0.1, 0.15) is 5.75 Å². The Morgan fingerprint density at radius 1 is 1.24 bits per heavy atom. The molecule has 0 aromatic heterocycles. The zero-order valence-corrected chi connectivity index (χ0v) is 13.4. The molecule has 4 heteroatoms. The van der Waals surface area contributed by atoms with Crippen molar-refractivity contribution in [1.82, 2.24) is 0 Å². The Labute approximate surface area is 131 Å². The van der Waals surface area contributed by atoms with Gasteiger partial charge in [-0.2, -0.15) is 0 Å². The third-order valence-electron chi connectivity index (χ3n) is 3.74. The van der Waals surface area contributed by atoms with Crippen molar-refractivity contribution in [1.29, 1.82) is 0 Å². The van der Waals surface area contributed by atoms with Crippen LogP contribution in [0.4, 0.5) is 11.4 Å². The van der Waals surface area contributed by atoms with Crippen LogP contribution in [0.15, 0.2) is 42.5 Å². The highest BCUT2D eigenvalue weighted by atomic mass is 35.5. The molecule has 112 valence electrons. The van der Waals surface area contributed by atoms with Crippen LogP contribution in [0.5, 0.6) is 5.75 Å². The predicted octanol–water partition coefficient (Wildman–Crippen LogP) is 4.00. The van der Waals surface area contributed by atoms with Gasteiger partial charge in [-0.3, -0.25) is 0 Å². The molecule has 1 atom stereocenters. The van der Waals surface area contributed by atoms with E-state index >= 15 is 0 Å². The molecule has 2 aromatic rings. The largest absolute Gasteiger partial charge is 0.496 e. The number of hydrogen-bond acceptors (Lipinski definition) is 3. The van der Waals surface area contributed by atoms with Gasteiger partial charge in [-0.15, -0.1) is 0 Å². The molecule has 0 spiro atoms. The molecule has 2 rings (SSSR count). The van der Waals surface area contributed by atoms with Crippen LogP contribution in [0.3, 0.4) is 0 Å². The van der Waals surface area contributed by atoms with E-state index in [9.17, 15) is 0 Å². The molecule has 0 aliphatic rings. The van der Waals surface area contributed by atoms with Gasteiger partial charge in [0.25, 0.3) is 0 Å². The molecule has 0 heterocycles. The molecule has 0 saturated heterocycles. The summed E-state index contributed by atoms with van der Waals surface area (Å²) in [7, 11) is 3.73. The maximum absolute atomic E-state index is 6.07. The molecule has 2 aromatic carbocycles. The summed E-state index contributed by atoms with van der Waals surface area (Å²) in [6.45, 7) is 2.16. The van der Waals surface area contributed by atoms with Gasteiger partial charge in [0, 0.05) is 18.1 Å². The normalized spacial score (nSPS) is 12.0. The molecule has 0 radical (unpaired) electrons. The topological polar surface area (TPSA) is 38.5 Å². The summed E-state index contributed by atoms with van der Waals surface area (Å²) in [6, 6.07) is 13.9. The summed E-state index contributed by atoms with van der Waals surface area (Å²) >= 11 is 6.07. The molecule has 1 unspecified atom stereocenters. The zero-order valence-electron chi connectivity index (χ0n) is 12.6. The van der Waals surface area contributed by atoms with Gasteiger partial charge >= 0.3 is 0 Å². The van der Waals surface area contributed by atoms with Gasteiger partial charge in [0.2, 0.25) is 0 Å². The number of benzene rings is 2. The third kappa shape index (κ3) is 3.61. The standard InChI is InChI=1S/C17H21ClN2O/c1-12(10-13-6-4-5-7-17(13)21-3)20(2)16-11-14(18)8-9-15(16)19/h4-9,11-12H,10,19H2,1-3H3. The number of nitrogens with two attached hydrogens (primary N) is 1. The van der Waals surface area contributed by atoms with Crippen molar-refractivity contribution in [3.05, 3.63) is 53.1 Å². The Bertz CT molecular complexity index is 615. The van der Waals surface area contributed by atoms with Crippen molar-refractivity contribution in [2.24, 2.45) is 0 Å². The highest BCUT2D eigenvalue weighted by molar-refractivity contribution is 6.31. The number of ether oxygens (including phenoxy) is 1. The van der Waals surface area contributed by atoms with E-state index in [0.717, 1.165) is 23.5 Å². The van der Waals surface area contributed by atoms with Crippen LogP contribution in [-0.2, 0) is 6.42 Å². The predicted molar refractivity (Wildman–Crippen MR) is 90.4 cm³/mol. The van der Waals surface area contributed by atoms with E-state index in [1.165, 1.54) is 5.56 Å². The Hall–Kier alpha value is -1.87. The van der Waals surface area contributed by atoms with Gasteiger partial charge in [0.15, 0.2) is 0 Å². The highest BCUT2D eigenvalue weighted by Crippen LogP contribution is 2.29. The van der Waals surface area contributed by atoms with Gasteiger partial charge in [-0.1, -0.05) is 29.8 Å². The molecule has 0 bridgehead atoms. The van der Waals surface area contributed by atoms with E-state index < -0.39 is 0 Å². The Morgan fingerprint density at radius 3 is 2.67 bits per heavy atom. The quantitative estimate of drug-likeness (QED) is 0.849. The minimum Gasteiger partial charge on any atom is -0.496 e. The molecule has 0 fully saturated rings. The second-order valence-corrected chi connectivity index (χ2v) is 5.62. The Kier molecular flexibility index (Phi) is 4.97. The molecule has 0 aliphatic carbocycles. The van der Waals surface area contributed by atoms with Gasteiger partial charge < -0.3 is 15.4 Å². The van der Waals surface area contributed by atoms with Crippen molar-refractivity contribution in [2.45, 2.75) is 19.4 Å². The van der Waals surface area contributed by atoms with E-state index in [-0.39, 0.29) is 6.04 Å². The first kappa shape index (κ1) is 15.5. The van der Waals surface area contributed by atoms with E-state index in [4.69, 9.17) is 22.1 Å². The lowest BCUT2D eigenvalue weighted by molar-refractivity contribution is 0.408. The molecular weight excluding hydrogens is 284 g/mol.